The number of unbranched alkanes of at least 4 members (excludes halogenated alkanes) is 13. The molecule has 0 aliphatic heterocycles. The first-order chi connectivity index (χ1) is 18.2. The van der Waals surface area contributed by atoms with Crippen molar-refractivity contribution in [2.45, 2.75) is 157 Å². The zero-order chi connectivity index (χ0) is 26.6. The Balaban J connectivity index is 1.84. The molecule has 0 aliphatic carbocycles. The predicted molar refractivity (Wildman–Crippen MR) is 172 cm³/mol. The Morgan fingerprint density at radius 2 is 1.08 bits per heavy atom. The van der Waals surface area contributed by atoms with Crippen LogP contribution in [0.3, 0.4) is 0 Å². The molecule has 0 radical (unpaired) electrons. The van der Waals surface area contributed by atoms with E-state index in [0.29, 0.717) is 0 Å². The molecule has 0 fully saturated rings. The minimum atomic E-state index is -2.36. The third-order valence-electron chi connectivity index (χ3n) is 8.34. The van der Waals surface area contributed by atoms with Gasteiger partial charge in [-0.25, -0.2) is 0 Å². The summed E-state index contributed by atoms with van der Waals surface area (Å²) in [4.78, 5) is 7.98. The van der Waals surface area contributed by atoms with E-state index in [9.17, 15) is 0 Å². The van der Waals surface area contributed by atoms with Crippen LogP contribution in [0, 0.1) is 0 Å². The SMILES string of the molecule is CCCCCCCCCCCCCc1ccc(-c2cc[c]([Sn]([CH2]CCC)([CH2]CCC)[CH2]CCC)cn2)s1. The zero-order valence-electron chi connectivity index (χ0n) is 25.1. The van der Waals surface area contributed by atoms with E-state index in [1.165, 1.54) is 139 Å². The number of hydrogen-bond donors (Lipinski definition) is 0. The van der Waals surface area contributed by atoms with E-state index in [2.05, 4.69) is 58.2 Å². The molecule has 0 aliphatic rings. The summed E-state index contributed by atoms with van der Waals surface area (Å²) >= 11 is -0.388. The van der Waals surface area contributed by atoms with Crippen LogP contribution in [-0.2, 0) is 6.42 Å². The van der Waals surface area contributed by atoms with Crippen LogP contribution in [0.5, 0.6) is 0 Å². The van der Waals surface area contributed by atoms with E-state index in [4.69, 9.17) is 4.98 Å². The summed E-state index contributed by atoms with van der Waals surface area (Å²) in [6.07, 6.45) is 27.4. The van der Waals surface area contributed by atoms with E-state index in [1.807, 2.05) is 11.3 Å². The van der Waals surface area contributed by atoms with Crippen LogP contribution in [0.2, 0.25) is 13.3 Å². The van der Waals surface area contributed by atoms with Gasteiger partial charge in [-0.2, -0.15) is 0 Å². The Kier molecular flexibility index (Phi) is 18.2. The second-order valence-corrected chi connectivity index (χ2v) is 26.0. The maximum absolute atomic E-state index is 5.08. The molecule has 0 spiro atoms. The number of aromatic nitrogens is 1. The molecule has 0 aromatic carbocycles. The van der Waals surface area contributed by atoms with Crippen molar-refractivity contribution in [3.8, 4) is 10.6 Å². The van der Waals surface area contributed by atoms with Gasteiger partial charge in [-0.3, -0.25) is 0 Å². The van der Waals surface area contributed by atoms with E-state index < -0.39 is 18.4 Å². The van der Waals surface area contributed by atoms with Gasteiger partial charge >= 0.3 is 189 Å². The van der Waals surface area contributed by atoms with Crippen molar-refractivity contribution in [3.05, 3.63) is 35.3 Å². The molecule has 0 bridgehead atoms. The molecule has 0 unspecified atom stereocenters. The normalized spacial score (nSPS) is 11.9. The number of pyridine rings is 1. The molecule has 37 heavy (non-hydrogen) atoms. The van der Waals surface area contributed by atoms with E-state index in [-0.39, 0.29) is 0 Å². The summed E-state index contributed by atoms with van der Waals surface area (Å²) in [5.41, 5.74) is 1.19. The summed E-state index contributed by atoms with van der Waals surface area (Å²) in [6, 6.07) is 9.56. The number of rotatable bonds is 23. The fourth-order valence-electron chi connectivity index (χ4n) is 5.82. The van der Waals surface area contributed by atoms with Crippen molar-refractivity contribution in [1.29, 1.82) is 0 Å². The summed E-state index contributed by atoms with van der Waals surface area (Å²) < 4.78 is 6.27. The molecule has 2 aromatic rings. The molecular formula is C34H59NSSn. The average Bonchev–Trinajstić information content (AvgIpc) is 3.41. The molecule has 3 heteroatoms. The first kappa shape index (κ1) is 32.9. The van der Waals surface area contributed by atoms with Gasteiger partial charge in [0.25, 0.3) is 0 Å². The van der Waals surface area contributed by atoms with Crippen molar-refractivity contribution in [2.75, 3.05) is 0 Å². The van der Waals surface area contributed by atoms with Crippen LogP contribution in [0.4, 0.5) is 0 Å². The number of thiophene rings is 1. The Bertz CT molecular complexity index is 775. The first-order valence-corrected chi connectivity index (χ1v) is 24.5. The molecule has 1 nitrogen and oxygen atoms in total. The molecule has 0 atom stereocenters. The van der Waals surface area contributed by atoms with Crippen molar-refractivity contribution >= 4 is 33.3 Å². The fourth-order valence-corrected chi connectivity index (χ4v) is 22.5. The van der Waals surface area contributed by atoms with E-state index in [0.717, 1.165) is 0 Å². The van der Waals surface area contributed by atoms with Crippen molar-refractivity contribution in [1.82, 2.24) is 4.98 Å². The van der Waals surface area contributed by atoms with Gasteiger partial charge in [0.15, 0.2) is 0 Å². The maximum atomic E-state index is 5.08. The Labute approximate surface area is 239 Å². The number of hydrogen-bond acceptors (Lipinski definition) is 2. The summed E-state index contributed by atoms with van der Waals surface area (Å²) in [6.45, 7) is 9.39. The van der Waals surface area contributed by atoms with Crippen LogP contribution in [-0.4, -0.2) is 23.4 Å². The Morgan fingerprint density at radius 3 is 1.57 bits per heavy atom. The fraction of sp³-hybridized carbons (Fsp3) is 0.735. The second-order valence-electron chi connectivity index (χ2n) is 11.6. The average molecular weight is 633 g/mol. The molecular weight excluding hydrogens is 573 g/mol. The van der Waals surface area contributed by atoms with Crippen LogP contribution >= 0.6 is 11.3 Å². The molecule has 0 amide bonds. The minimum absolute atomic E-state index is 1.19. The van der Waals surface area contributed by atoms with Gasteiger partial charge < -0.3 is 0 Å². The quantitative estimate of drug-likeness (QED) is 0.0878. The molecule has 2 rings (SSSR count). The van der Waals surface area contributed by atoms with E-state index in [1.54, 1.807) is 8.46 Å². The van der Waals surface area contributed by atoms with Gasteiger partial charge in [0.1, 0.15) is 0 Å². The molecule has 0 saturated heterocycles. The van der Waals surface area contributed by atoms with Crippen molar-refractivity contribution in [2.24, 2.45) is 0 Å². The Morgan fingerprint density at radius 1 is 0.568 bits per heavy atom. The Hall–Kier alpha value is -0.351. The molecule has 210 valence electrons. The van der Waals surface area contributed by atoms with Crippen LogP contribution in [0.25, 0.3) is 10.6 Å². The van der Waals surface area contributed by atoms with Gasteiger partial charge in [-0.15, -0.1) is 0 Å². The van der Waals surface area contributed by atoms with Gasteiger partial charge in [0, 0.05) is 0 Å². The first-order valence-electron chi connectivity index (χ1n) is 16.2. The molecule has 2 heterocycles. The van der Waals surface area contributed by atoms with Gasteiger partial charge in [-0.05, 0) is 0 Å². The summed E-state index contributed by atoms with van der Waals surface area (Å²) in [5.74, 6) is 0. The van der Waals surface area contributed by atoms with Gasteiger partial charge in [0.05, 0.1) is 0 Å². The van der Waals surface area contributed by atoms with Crippen LogP contribution in [0.1, 0.15) is 142 Å². The number of aryl methyl sites for hydroxylation is 1. The van der Waals surface area contributed by atoms with Crippen LogP contribution < -0.4 is 3.58 Å². The summed E-state index contributed by atoms with van der Waals surface area (Å²) in [7, 11) is 0. The van der Waals surface area contributed by atoms with Crippen molar-refractivity contribution in [3.63, 3.8) is 0 Å². The topological polar surface area (TPSA) is 12.9 Å². The zero-order valence-corrected chi connectivity index (χ0v) is 28.8. The van der Waals surface area contributed by atoms with Crippen molar-refractivity contribution < 1.29 is 0 Å². The summed E-state index contributed by atoms with van der Waals surface area (Å²) in [5, 5.41) is 0. The molecule has 0 N–H and O–H groups in total. The van der Waals surface area contributed by atoms with Gasteiger partial charge in [-0.1, -0.05) is 51.9 Å². The predicted octanol–water partition coefficient (Wildman–Crippen LogP) is 11.7. The van der Waals surface area contributed by atoms with Crippen LogP contribution in [0.15, 0.2) is 30.5 Å². The molecule has 2 aromatic heterocycles. The second kappa shape index (κ2) is 20.5. The standard InChI is InChI=1S/C22H32NS.3C4H9.Sn/c1-2-3-4-5-6-7-8-9-10-11-12-15-20-17-18-22(24-20)21-16-13-14-19-23-21;3*1-3-4-2;/h13,16-19H,2-12,15H2,1H3;3*1,3-4H2,2H3;. The van der Waals surface area contributed by atoms with E-state index >= 15 is 0 Å². The third-order valence-corrected chi connectivity index (χ3v) is 25.1. The van der Waals surface area contributed by atoms with Gasteiger partial charge in [0.2, 0.25) is 0 Å². The third kappa shape index (κ3) is 12.6. The number of nitrogens with zero attached hydrogens (tertiary/aromatic N) is 1. The monoisotopic (exact) mass is 633 g/mol. The molecule has 0 saturated carbocycles.